The van der Waals surface area contributed by atoms with Crippen LogP contribution in [0.15, 0.2) is 12.1 Å². The van der Waals surface area contributed by atoms with E-state index < -0.39 is 11.9 Å². The van der Waals surface area contributed by atoms with Crippen LogP contribution in [0.3, 0.4) is 0 Å². The Labute approximate surface area is 116 Å². The first-order chi connectivity index (χ1) is 8.81. The fraction of sp³-hybridized carbons (Fsp3) is 0.385. The molecule has 0 bridgehead atoms. The standard InChI is InChI=1S/C13H16ClNO4/c1-8-5-9(2)13(10(14)6-8)15(7-12(18)19)4-3-11(16)17/h5-6H,3-4,7H2,1-2H3,(H,16,17)(H,18,19). The van der Waals surface area contributed by atoms with Gasteiger partial charge < -0.3 is 15.1 Å². The van der Waals surface area contributed by atoms with Gasteiger partial charge in [0.1, 0.15) is 6.54 Å². The lowest BCUT2D eigenvalue weighted by Gasteiger charge is -2.25. The van der Waals surface area contributed by atoms with Crippen LogP contribution < -0.4 is 4.90 Å². The molecular weight excluding hydrogens is 270 g/mol. The van der Waals surface area contributed by atoms with Gasteiger partial charge >= 0.3 is 11.9 Å². The molecular formula is C13H16ClNO4. The van der Waals surface area contributed by atoms with Crippen molar-refractivity contribution >= 4 is 29.2 Å². The molecule has 0 aliphatic heterocycles. The molecule has 19 heavy (non-hydrogen) atoms. The third-order valence-electron chi connectivity index (χ3n) is 2.64. The number of aryl methyl sites for hydroxylation is 2. The maximum absolute atomic E-state index is 10.9. The summed E-state index contributed by atoms with van der Waals surface area (Å²) < 4.78 is 0. The second kappa shape index (κ2) is 6.43. The van der Waals surface area contributed by atoms with Gasteiger partial charge in [0.2, 0.25) is 0 Å². The van der Waals surface area contributed by atoms with Crippen LogP contribution in [0.1, 0.15) is 17.5 Å². The van der Waals surface area contributed by atoms with Gasteiger partial charge in [-0.3, -0.25) is 9.59 Å². The third-order valence-corrected chi connectivity index (χ3v) is 2.92. The average Bonchev–Trinajstić information content (AvgIpc) is 2.23. The van der Waals surface area contributed by atoms with Gasteiger partial charge in [0.15, 0.2) is 0 Å². The van der Waals surface area contributed by atoms with E-state index in [1.165, 1.54) is 4.90 Å². The predicted octanol–water partition coefficient (Wildman–Crippen LogP) is 2.32. The zero-order chi connectivity index (χ0) is 14.6. The average molecular weight is 286 g/mol. The Kier molecular flexibility index (Phi) is 5.18. The summed E-state index contributed by atoms with van der Waals surface area (Å²) in [5.41, 5.74) is 2.38. The highest BCUT2D eigenvalue weighted by Crippen LogP contribution is 2.31. The van der Waals surface area contributed by atoms with Gasteiger partial charge in [-0.25, -0.2) is 0 Å². The lowest BCUT2D eigenvalue weighted by Crippen LogP contribution is -2.32. The van der Waals surface area contributed by atoms with Gasteiger partial charge in [-0.2, -0.15) is 0 Å². The maximum atomic E-state index is 10.9. The molecule has 0 amide bonds. The predicted molar refractivity (Wildman–Crippen MR) is 73.0 cm³/mol. The highest BCUT2D eigenvalue weighted by molar-refractivity contribution is 6.33. The number of carboxylic acids is 2. The van der Waals surface area contributed by atoms with Gasteiger partial charge in [-0.15, -0.1) is 0 Å². The van der Waals surface area contributed by atoms with Crippen molar-refractivity contribution in [1.29, 1.82) is 0 Å². The number of carbonyl (C=O) groups is 2. The van der Waals surface area contributed by atoms with Crippen molar-refractivity contribution in [3.05, 3.63) is 28.3 Å². The van der Waals surface area contributed by atoms with Gasteiger partial charge in [-0.1, -0.05) is 17.7 Å². The summed E-state index contributed by atoms with van der Waals surface area (Å²) in [4.78, 5) is 23.0. The highest BCUT2D eigenvalue weighted by Gasteiger charge is 2.17. The minimum Gasteiger partial charge on any atom is -0.481 e. The summed E-state index contributed by atoms with van der Waals surface area (Å²) >= 11 is 6.15. The van der Waals surface area contributed by atoms with Crippen molar-refractivity contribution in [1.82, 2.24) is 0 Å². The van der Waals surface area contributed by atoms with Gasteiger partial charge in [0.05, 0.1) is 17.1 Å². The Bertz CT molecular complexity index is 478. The normalized spacial score (nSPS) is 10.3. The molecule has 0 aromatic heterocycles. The number of hydrogen-bond acceptors (Lipinski definition) is 3. The molecule has 0 heterocycles. The Hall–Kier alpha value is -1.75. The van der Waals surface area contributed by atoms with Crippen molar-refractivity contribution in [2.24, 2.45) is 0 Å². The Morgan fingerprint density at radius 1 is 1.21 bits per heavy atom. The monoisotopic (exact) mass is 285 g/mol. The number of halogens is 1. The number of anilines is 1. The van der Waals surface area contributed by atoms with Crippen molar-refractivity contribution in [2.45, 2.75) is 20.3 Å². The first-order valence-electron chi connectivity index (χ1n) is 5.76. The largest absolute Gasteiger partial charge is 0.481 e. The van der Waals surface area contributed by atoms with E-state index in [0.29, 0.717) is 10.7 Å². The molecule has 1 aromatic rings. The molecule has 0 aliphatic rings. The summed E-state index contributed by atoms with van der Waals surface area (Å²) in [5.74, 6) is -2.00. The zero-order valence-corrected chi connectivity index (χ0v) is 11.6. The topological polar surface area (TPSA) is 77.8 Å². The van der Waals surface area contributed by atoms with Gasteiger partial charge in [-0.05, 0) is 31.0 Å². The molecule has 1 aromatic carbocycles. The highest BCUT2D eigenvalue weighted by atomic mass is 35.5. The molecule has 0 saturated carbocycles. The molecule has 0 aliphatic carbocycles. The van der Waals surface area contributed by atoms with Crippen molar-refractivity contribution < 1.29 is 19.8 Å². The van der Waals surface area contributed by atoms with E-state index in [0.717, 1.165) is 11.1 Å². The van der Waals surface area contributed by atoms with Crippen LogP contribution in [-0.4, -0.2) is 35.2 Å². The second-order valence-electron chi connectivity index (χ2n) is 4.37. The van der Waals surface area contributed by atoms with E-state index in [2.05, 4.69) is 0 Å². The summed E-state index contributed by atoms with van der Waals surface area (Å²) in [6.07, 6.45) is -0.142. The minimum atomic E-state index is -1.03. The molecule has 0 saturated heterocycles. The van der Waals surface area contributed by atoms with Crippen LogP contribution in [0, 0.1) is 13.8 Å². The molecule has 1 rings (SSSR count). The fourth-order valence-electron chi connectivity index (χ4n) is 1.97. The molecule has 0 atom stereocenters. The first-order valence-corrected chi connectivity index (χ1v) is 6.14. The van der Waals surface area contributed by atoms with E-state index in [1.54, 1.807) is 6.07 Å². The lowest BCUT2D eigenvalue weighted by atomic mass is 10.1. The molecule has 5 nitrogen and oxygen atoms in total. The maximum Gasteiger partial charge on any atom is 0.323 e. The van der Waals surface area contributed by atoms with Crippen LogP contribution >= 0.6 is 11.6 Å². The molecule has 0 spiro atoms. The molecule has 2 N–H and O–H groups in total. The van der Waals surface area contributed by atoms with E-state index in [4.69, 9.17) is 21.8 Å². The number of aliphatic carboxylic acids is 2. The SMILES string of the molecule is Cc1cc(C)c(N(CCC(=O)O)CC(=O)O)c(Cl)c1. The Morgan fingerprint density at radius 2 is 1.84 bits per heavy atom. The summed E-state index contributed by atoms with van der Waals surface area (Å²) in [6, 6.07) is 3.62. The quantitative estimate of drug-likeness (QED) is 0.839. The van der Waals surface area contributed by atoms with E-state index in [9.17, 15) is 9.59 Å². The Morgan fingerprint density at radius 3 is 2.32 bits per heavy atom. The van der Waals surface area contributed by atoms with E-state index in [-0.39, 0.29) is 19.5 Å². The Balaban J connectivity index is 3.09. The summed E-state index contributed by atoms with van der Waals surface area (Å²) in [6.45, 7) is 3.54. The van der Waals surface area contributed by atoms with Crippen LogP contribution in [-0.2, 0) is 9.59 Å². The van der Waals surface area contributed by atoms with Crippen molar-refractivity contribution in [3.63, 3.8) is 0 Å². The van der Waals surface area contributed by atoms with E-state index in [1.807, 2.05) is 19.9 Å². The fourth-order valence-corrected chi connectivity index (χ4v) is 2.41. The molecule has 0 fully saturated rings. The van der Waals surface area contributed by atoms with Crippen LogP contribution in [0.4, 0.5) is 5.69 Å². The number of hydrogen-bond donors (Lipinski definition) is 2. The molecule has 104 valence electrons. The van der Waals surface area contributed by atoms with Crippen molar-refractivity contribution in [3.8, 4) is 0 Å². The molecule has 0 unspecified atom stereocenters. The number of carboxylic acid groups (broad SMARTS) is 2. The number of nitrogens with zero attached hydrogens (tertiary/aromatic N) is 1. The molecule has 6 heteroatoms. The van der Waals surface area contributed by atoms with Crippen LogP contribution in [0.25, 0.3) is 0 Å². The van der Waals surface area contributed by atoms with Gasteiger partial charge in [0.25, 0.3) is 0 Å². The second-order valence-corrected chi connectivity index (χ2v) is 4.78. The first kappa shape index (κ1) is 15.3. The van der Waals surface area contributed by atoms with Gasteiger partial charge in [0, 0.05) is 6.54 Å². The smallest absolute Gasteiger partial charge is 0.323 e. The minimum absolute atomic E-state index is 0.102. The third kappa shape index (κ3) is 4.44. The zero-order valence-electron chi connectivity index (χ0n) is 10.8. The lowest BCUT2D eigenvalue weighted by molar-refractivity contribution is -0.138. The van der Waals surface area contributed by atoms with Crippen LogP contribution in [0.2, 0.25) is 5.02 Å². The van der Waals surface area contributed by atoms with E-state index >= 15 is 0 Å². The number of rotatable bonds is 6. The summed E-state index contributed by atoms with van der Waals surface area (Å²) in [5, 5.41) is 18.1. The van der Waals surface area contributed by atoms with Crippen LogP contribution in [0.5, 0.6) is 0 Å². The van der Waals surface area contributed by atoms with Crippen molar-refractivity contribution in [2.75, 3.05) is 18.0 Å². The molecule has 0 radical (unpaired) electrons. The summed E-state index contributed by atoms with van der Waals surface area (Å²) in [7, 11) is 0. The number of benzene rings is 1.